The second-order valence-electron chi connectivity index (χ2n) is 8.25. The summed E-state index contributed by atoms with van der Waals surface area (Å²) in [4.78, 5) is 31.1. The lowest BCUT2D eigenvalue weighted by molar-refractivity contribution is 0.184. The van der Waals surface area contributed by atoms with Gasteiger partial charge in [-0.1, -0.05) is 48.0 Å². The summed E-state index contributed by atoms with van der Waals surface area (Å²) in [6.07, 6.45) is 1.92. The van der Waals surface area contributed by atoms with Crippen LogP contribution < -0.4 is 11.2 Å². The standard InChI is InChI=1S/C25H25N5O3/c1-16-10-11-19(17(2)14-16)30-20(18-8-6-5-7-9-18)15-29-21-22(26-24(29)30)27(3)25(32)28(23(21)31)12-13-33-4/h5-11,14-15H,12-13H2,1-4H3. The van der Waals surface area contributed by atoms with Crippen LogP contribution in [0.15, 0.2) is 64.3 Å². The van der Waals surface area contributed by atoms with E-state index in [2.05, 4.69) is 32.0 Å². The number of ether oxygens (including phenoxy) is 1. The summed E-state index contributed by atoms with van der Waals surface area (Å²) in [5, 5.41) is 0. The Labute approximate surface area is 189 Å². The highest BCUT2D eigenvalue weighted by atomic mass is 16.5. The van der Waals surface area contributed by atoms with Crippen LogP contribution in [-0.4, -0.2) is 36.8 Å². The number of rotatable bonds is 5. The van der Waals surface area contributed by atoms with Crippen LogP contribution in [0.2, 0.25) is 0 Å². The Hall–Kier alpha value is -3.91. The van der Waals surface area contributed by atoms with E-state index >= 15 is 0 Å². The minimum Gasteiger partial charge on any atom is -0.383 e. The van der Waals surface area contributed by atoms with E-state index in [-0.39, 0.29) is 18.7 Å². The number of aromatic nitrogens is 5. The molecule has 8 heteroatoms. The Kier molecular flexibility index (Phi) is 5.02. The summed E-state index contributed by atoms with van der Waals surface area (Å²) >= 11 is 0. The fraction of sp³-hybridized carbons (Fsp3) is 0.240. The van der Waals surface area contributed by atoms with Crippen molar-refractivity contribution in [3.05, 3.63) is 86.7 Å². The van der Waals surface area contributed by atoms with Crippen LogP contribution in [0.4, 0.5) is 0 Å². The molecule has 0 bridgehead atoms. The van der Waals surface area contributed by atoms with Crippen LogP contribution in [-0.2, 0) is 18.3 Å². The van der Waals surface area contributed by atoms with Gasteiger partial charge in [0.25, 0.3) is 5.56 Å². The zero-order valence-corrected chi connectivity index (χ0v) is 19.1. The molecule has 0 aliphatic rings. The molecule has 0 saturated carbocycles. The van der Waals surface area contributed by atoms with Gasteiger partial charge >= 0.3 is 5.69 Å². The molecule has 0 fully saturated rings. The lowest BCUT2D eigenvalue weighted by Gasteiger charge is -2.12. The maximum atomic E-state index is 13.4. The zero-order chi connectivity index (χ0) is 23.3. The molecule has 3 aromatic heterocycles. The number of fused-ring (bicyclic) bond motifs is 3. The molecule has 0 N–H and O–H groups in total. The Morgan fingerprint density at radius 1 is 1.03 bits per heavy atom. The first-order valence-electron chi connectivity index (χ1n) is 10.8. The number of hydrogen-bond acceptors (Lipinski definition) is 4. The van der Waals surface area contributed by atoms with E-state index in [1.807, 2.05) is 41.1 Å². The highest BCUT2D eigenvalue weighted by Crippen LogP contribution is 2.30. The number of nitrogens with zero attached hydrogens (tertiary/aromatic N) is 5. The molecule has 33 heavy (non-hydrogen) atoms. The molecule has 0 radical (unpaired) electrons. The average Bonchev–Trinajstić information content (AvgIpc) is 3.35. The molecule has 0 aliphatic carbocycles. The SMILES string of the molecule is COCCn1c(=O)c2c(nc3n(-c4ccc(C)cc4C)c(-c4ccccc4)cn23)n(C)c1=O. The zero-order valence-electron chi connectivity index (χ0n) is 19.1. The predicted octanol–water partition coefficient (Wildman–Crippen LogP) is 3.07. The number of imidazole rings is 2. The maximum absolute atomic E-state index is 13.4. The van der Waals surface area contributed by atoms with Crippen molar-refractivity contribution in [3.63, 3.8) is 0 Å². The molecule has 0 unspecified atom stereocenters. The molecular formula is C25H25N5O3. The summed E-state index contributed by atoms with van der Waals surface area (Å²) in [7, 11) is 3.18. The van der Waals surface area contributed by atoms with E-state index in [9.17, 15) is 9.59 Å². The second kappa shape index (κ2) is 7.90. The lowest BCUT2D eigenvalue weighted by atomic mass is 10.1. The highest BCUT2D eigenvalue weighted by molar-refractivity contribution is 5.79. The van der Waals surface area contributed by atoms with Crippen LogP contribution in [0.25, 0.3) is 33.9 Å². The van der Waals surface area contributed by atoms with Gasteiger partial charge < -0.3 is 4.74 Å². The molecule has 5 rings (SSSR count). The first kappa shape index (κ1) is 21.0. The Balaban J connectivity index is 1.92. The van der Waals surface area contributed by atoms with Crippen molar-refractivity contribution in [2.45, 2.75) is 20.4 Å². The van der Waals surface area contributed by atoms with Crippen molar-refractivity contribution in [1.82, 2.24) is 23.1 Å². The Morgan fingerprint density at radius 3 is 2.48 bits per heavy atom. The van der Waals surface area contributed by atoms with Crippen molar-refractivity contribution in [1.29, 1.82) is 0 Å². The first-order chi connectivity index (χ1) is 15.9. The van der Waals surface area contributed by atoms with Crippen molar-refractivity contribution in [2.24, 2.45) is 7.05 Å². The van der Waals surface area contributed by atoms with E-state index in [4.69, 9.17) is 9.72 Å². The smallest absolute Gasteiger partial charge is 0.332 e. The number of methoxy groups -OCH3 is 1. The van der Waals surface area contributed by atoms with Gasteiger partial charge in [0, 0.05) is 25.9 Å². The maximum Gasteiger partial charge on any atom is 0.332 e. The van der Waals surface area contributed by atoms with Crippen LogP contribution in [0.3, 0.4) is 0 Å². The highest BCUT2D eigenvalue weighted by Gasteiger charge is 2.23. The first-order valence-corrected chi connectivity index (χ1v) is 10.8. The van der Waals surface area contributed by atoms with E-state index in [1.54, 1.807) is 18.6 Å². The van der Waals surface area contributed by atoms with Gasteiger partial charge in [-0.2, -0.15) is 4.98 Å². The predicted molar refractivity (Wildman–Crippen MR) is 128 cm³/mol. The van der Waals surface area contributed by atoms with Crippen molar-refractivity contribution in [3.8, 4) is 16.9 Å². The molecule has 2 aromatic carbocycles. The van der Waals surface area contributed by atoms with Crippen LogP contribution in [0.1, 0.15) is 11.1 Å². The minimum atomic E-state index is -0.411. The minimum absolute atomic E-state index is 0.175. The second-order valence-corrected chi connectivity index (χ2v) is 8.25. The van der Waals surface area contributed by atoms with Crippen LogP contribution in [0.5, 0.6) is 0 Å². The van der Waals surface area contributed by atoms with Crippen molar-refractivity contribution in [2.75, 3.05) is 13.7 Å². The van der Waals surface area contributed by atoms with Crippen LogP contribution in [0, 0.1) is 13.8 Å². The number of aryl methyl sites for hydroxylation is 3. The van der Waals surface area contributed by atoms with Gasteiger partial charge in [-0.25, -0.2) is 4.79 Å². The number of benzene rings is 2. The van der Waals surface area contributed by atoms with E-state index in [1.165, 1.54) is 9.13 Å². The van der Waals surface area contributed by atoms with E-state index < -0.39 is 5.69 Å². The number of hydrogen-bond donors (Lipinski definition) is 0. The van der Waals surface area contributed by atoms with Gasteiger partial charge in [0.05, 0.1) is 24.5 Å². The summed E-state index contributed by atoms with van der Waals surface area (Å²) in [6.45, 7) is 4.56. The lowest BCUT2D eigenvalue weighted by Crippen LogP contribution is -2.40. The quantitative estimate of drug-likeness (QED) is 0.418. The van der Waals surface area contributed by atoms with Crippen molar-refractivity contribution < 1.29 is 4.74 Å². The summed E-state index contributed by atoms with van der Waals surface area (Å²) in [5.41, 5.74) is 5.05. The monoisotopic (exact) mass is 443 g/mol. The van der Waals surface area contributed by atoms with Gasteiger partial charge in [0.2, 0.25) is 5.78 Å². The van der Waals surface area contributed by atoms with Gasteiger partial charge in [0.15, 0.2) is 11.2 Å². The fourth-order valence-corrected chi connectivity index (χ4v) is 4.38. The molecule has 0 saturated heterocycles. The molecular weight excluding hydrogens is 418 g/mol. The molecule has 3 heterocycles. The fourth-order valence-electron chi connectivity index (χ4n) is 4.38. The van der Waals surface area contributed by atoms with Gasteiger partial charge in [-0.15, -0.1) is 0 Å². The largest absolute Gasteiger partial charge is 0.383 e. The molecule has 0 atom stereocenters. The average molecular weight is 444 g/mol. The van der Waals surface area contributed by atoms with Gasteiger partial charge in [0.1, 0.15) is 0 Å². The molecule has 8 nitrogen and oxygen atoms in total. The van der Waals surface area contributed by atoms with Gasteiger partial charge in [-0.05, 0) is 25.5 Å². The molecule has 0 spiro atoms. The molecule has 5 aromatic rings. The summed E-state index contributed by atoms with van der Waals surface area (Å²) in [6, 6.07) is 16.2. The summed E-state index contributed by atoms with van der Waals surface area (Å²) in [5.74, 6) is 0.576. The third-order valence-electron chi connectivity index (χ3n) is 6.03. The van der Waals surface area contributed by atoms with E-state index in [0.29, 0.717) is 16.9 Å². The third kappa shape index (κ3) is 3.22. The van der Waals surface area contributed by atoms with Gasteiger partial charge in [-0.3, -0.25) is 22.9 Å². The van der Waals surface area contributed by atoms with Crippen molar-refractivity contribution >= 4 is 16.9 Å². The molecule has 0 amide bonds. The third-order valence-corrected chi connectivity index (χ3v) is 6.03. The topological polar surface area (TPSA) is 75.5 Å². The molecule has 168 valence electrons. The van der Waals surface area contributed by atoms with Crippen LogP contribution >= 0.6 is 0 Å². The van der Waals surface area contributed by atoms with E-state index in [0.717, 1.165) is 28.1 Å². The Bertz CT molecular complexity index is 1620. The summed E-state index contributed by atoms with van der Waals surface area (Å²) < 4.78 is 11.6. The normalized spacial score (nSPS) is 11.6. The molecule has 0 aliphatic heterocycles. The Morgan fingerprint density at radius 2 is 1.79 bits per heavy atom.